The molecule has 3 heteroatoms. The second kappa shape index (κ2) is 5.22. The molecule has 0 atom stereocenters. The lowest BCUT2D eigenvalue weighted by atomic mass is 9.80. The monoisotopic (exact) mass is 187 g/mol. The molecule has 0 aliphatic rings. The Balaban J connectivity index is 3.81. The molecule has 2 N–H and O–H groups in total. The predicted molar refractivity (Wildman–Crippen MR) is 52.4 cm³/mol. The first-order chi connectivity index (χ1) is 5.87. The van der Waals surface area contributed by atoms with Gasteiger partial charge < -0.3 is 0 Å². The van der Waals surface area contributed by atoms with Gasteiger partial charge >= 0.3 is 0 Å². The Morgan fingerprint density at radius 3 is 2.38 bits per heavy atom. The molecule has 0 aromatic rings. The fourth-order valence-electron chi connectivity index (χ4n) is 1.72. The fourth-order valence-corrected chi connectivity index (χ4v) is 1.72. The van der Waals surface area contributed by atoms with Crippen LogP contribution in [0.3, 0.4) is 0 Å². The first kappa shape index (κ1) is 12.4. The highest BCUT2D eigenvalue weighted by Crippen LogP contribution is 2.30. The molecular weight excluding hydrogens is 166 g/mol. The van der Waals surface area contributed by atoms with Crippen molar-refractivity contribution in [2.75, 3.05) is 0 Å². The van der Waals surface area contributed by atoms with E-state index in [1.54, 1.807) is 5.48 Å². The van der Waals surface area contributed by atoms with Gasteiger partial charge in [0.2, 0.25) is 5.91 Å². The topological polar surface area (TPSA) is 49.3 Å². The number of hydrogen-bond donors (Lipinski definition) is 2. The van der Waals surface area contributed by atoms with E-state index in [4.69, 9.17) is 5.21 Å². The van der Waals surface area contributed by atoms with Gasteiger partial charge in [0.05, 0.1) is 0 Å². The summed E-state index contributed by atoms with van der Waals surface area (Å²) in [5.74, 6) is 0.351. The van der Waals surface area contributed by atoms with Gasteiger partial charge in [0.25, 0.3) is 0 Å². The molecule has 1 amide bonds. The number of carbonyl (C=O) groups excluding carboxylic acids is 1. The van der Waals surface area contributed by atoms with Crippen LogP contribution < -0.4 is 5.48 Å². The maximum absolute atomic E-state index is 10.8. The predicted octanol–water partition coefficient (Wildman–Crippen LogP) is 2.34. The molecule has 0 bridgehead atoms. The van der Waals surface area contributed by atoms with Crippen molar-refractivity contribution in [1.82, 2.24) is 5.48 Å². The molecule has 0 aliphatic heterocycles. The molecular formula is C10H21NO2. The average Bonchev–Trinajstić information content (AvgIpc) is 1.98. The number of hydroxylamine groups is 1. The molecule has 0 spiro atoms. The third-order valence-corrected chi connectivity index (χ3v) is 2.11. The zero-order chi connectivity index (χ0) is 10.5. The van der Waals surface area contributed by atoms with E-state index in [2.05, 4.69) is 27.7 Å². The van der Waals surface area contributed by atoms with E-state index in [-0.39, 0.29) is 11.3 Å². The lowest BCUT2D eigenvalue weighted by Gasteiger charge is -2.26. The lowest BCUT2D eigenvalue weighted by Crippen LogP contribution is -2.22. The van der Waals surface area contributed by atoms with Crippen LogP contribution in [0.1, 0.15) is 47.0 Å². The highest BCUT2D eigenvalue weighted by atomic mass is 16.5. The van der Waals surface area contributed by atoms with E-state index in [0.29, 0.717) is 12.3 Å². The van der Waals surface area contributed by atoms with Crippen molar-refractivity contribution in [1.29, 1.82) is 0 Å². The summed E-state index contributed by atoms with van der Waals surface area (Å²) in [6.45, 7) is 8.65. The van der Waals surface area contributed by atoms with Crippen LogP contribution in [0.15, 0.2) is 0 Å². The van der Waals surface area contributed by atoms with Gasteiger partial charge in [-0.25, -0.2) is 5.48 Å². The molecule has 0 fully saturated rings. The molecule has 3 nitrogen and oxygen atoms in total. The third kappa shape index (κ3) is 6.58. The van der Waals surface area contributed by atoms with E-state index in [0.717, 1.165) is 12.8 Å². The summed E-state index contributed by atoms with van der Waals surface area (Å²) in [5.41, 5.74) is 1.83. The van der Waals surface area contributed by atoms with E-state index >= 15 is 0 Å². The summed E-state index contributed by atoms with van der Waals surface area (Å²) < 4.78 is 0. The van der Waals surface area contributed by atoms with Gasteiger partial charge in [-0.1, -0.05) is 27.7 Å². The number of carbonyl (C=O) groups is 1. The summed E-state index contributed by atoms with van der Waals surface area (Å²) in [7, 11) is 0. The van der Waals surface area contributed by atoms with Gasteiger partial charge in [0, 0.05) is 6.42 Å². The van der Waals surface area contributed by atoms with Crippen molar-refractivity contribution in [2.24, 2.45) is 11.3 Å². The average molecular weight is 187 g/mol. The SMILES string of the molecule is CC(C)CC(C)(C)CCC(=O)NO. The first-order valence-electron chi connectivity index (χ1n) is 4.80. The summed E-state index contributed by atoms with van der Waals surface area (Å²) >= 11 is 0. The van der Waals surface area contributed by atoms with E-state index in [1.165, 1.54) is 0 Å². The fraction of sp³-hybridized carbons (Fsp3) is 0.900. The summed E-state index contributed by atoms with van der Waals surface area (Å²) in [5, 5.41) is 8.31. The Kier molecular flexibility index (Phi) is 4.99. The highest BCUT2D eigenvalue weighted by molar-refractivity contribution is 5.74. The minimum Gasteiger partial charge on any atom is -0.289 e. The maximum atomic E-state index is 10.8. The number of rotatable bonds is 5. The normalized spacial score (nSPS) is 11.8. The van der Waals surface area contributed by atoms with Crippen molar-refractivity contribution in [3.8, 4) is 0 Å². The Hall–Kier alpha value is -0.570. The Bertz CT molecular complexity index is 164. The Labute approximate surface area is 80.5 Å². The van der Waals surface area contributed by atoms with Crippen LogP contribution in [0.5, 0.6) is 0 Å². The zero-order valence-corrected chi connectivity index (χ0v) is 9.05. The van der Waals surface area contributed by atoms with Gasteiger partial charge in [-0.2, -0.15) is 0 Å². The van der Waals surface area contributed by atoms with Crippen molar-refractivity contribution in [2.45, 2.75) is 47.0 Å². The van der Waals surface area contributed by atoms with E-state index in [1.807, 2.05) is 0 Å². The van der Waals surface area contributed by atoms with Crippen molar-refractivity contribution in [3.63, 3.8) is 0 Å². The van der Waals surface area contributed by atoms with Crippen molar-refractivity contribution >= 4 is 5.91 Å². The van der Waals surface area contributed by atoms with Gasteiger partial charge in [0.15, 0.2) is 0 Å². The molecule has 0 saturated carbocycles. The molecule has 0 aromatic heterocycles. The molecule has 0 aliphatic carbocycles. The van der Waals surface area contributed by atoms with Crippen LogP contribution in [0.25, 0.3) is 0 Å². The smallest absolute Gasteiger partial charge is 0.243 e. The largest absolute Gasteiger partial charge is 0.289 e. The van der Waals surface area contributed by atoms with Crippen molar-refractivity contribution < 1.29 is 10.0 Å². The Morgan fingerprint density at radius 2 is 2.00 bits per heavy atom. The van der Waals surface area contributed by atoms with Crippen LogP contribution in [0.2, 0.25) is 0 Å². The molecule has 0 aromatic carbocycles. The minimum atomic E-state index is -0.295. The maximum Gasteiger partial charge on any atom is 0.243 e. The lowest BCUT2D eigenvalue weighted by molar-refractivity contribution is -0.129. The van der Waals surface area contributed by atoms with Crippen LogP contribution >= 0.6 is 0 Å². The van der Waals surface area contributed by atoms with Crippen LogP contribution in [-0.2, 0) is 4.79 Å². The van der Waals surface area contributed by atoms with Gasteiger partial charge in [-0.3, -0.25) is 10.0 Å². The van der Waals surface area contributed by atoms with Crippen LogP contribution in [-0.4, -0.2) is 11.1 Å². The van der Waals surface area contributed by atoms with Gasteiger partial charge in [-0.15, -0.1) is 0 Å². The quantitative estimate of drug-likeness (QED) is 0.512. The molecule has 0 saturated heterocycles. The van der Waals surface area contributed by atoms with Gasteiger partial charge in [0.1, 0.15) is 0 Å². The second-order valence-corrected chi connectivity index (χ2v) is 4.80. The summed E-state index contributed by atoms with van der Waals surface area (Å²) in [4.78, 5) is 10.8. The molecule has 0 unspecified atom stereocenters. The Morgan fingerprint density at radius 1 is 1.46 bits per heavy atom. The first-order valence-corrected chi connectivity index (χ1v) is 4.80. The summed E-state index contributed by atoms with van der Waals surface area (Å²) in [6.07, 6.45) is 2.32. The number of hydrogen-bond acceptors (Lipinski definition) is 2. The summed E-state index contributed by atoms with van der Waals surface area (Å²) in [6, 6.07) is 0. The zero-order valence-electron chi connectivity index (χ0n) is 9.05. The highest BCUT2D eigenvalue weighted by Gasteiger charge is 2.20. The van der Waals surface area contributed by atoms with Crippen LogP contribution in [0, 0.1) is 11.3 Å². The third-order valence-electron chi connectivity index (χ3n) is 2.11. The second-order valence-electron chi connectivity index (χ2n) is 4.80. The van der Waals surface area contributed by atoms with Crippen LogP contribution in [0.4, 0.5) is 0 Å². The molecule has 0 rings (SSSR count). The van der Waals surface area contributed by atoms with E-state index in [9.17, 15) is 4.79 Å². The molecule has 13 heavy (non-hydrogen) atoms. The van der Waals surface area contributed by atoms with Crippen molar-refractivity contribution in [3.05, 3.63) is 0 Å². The molecule has 0 radical (unpaired) electrons. The standard InChI is InChI=1S/C10H21NO2/c1-8(2)7-10(3,4)6-5-9(12)11-13/h8,13H,5-7H2,1-4H3,(H,11,12). The minimum absolute atomic E-state index is 0.181. The number of nitrogens with one attached hydrogen (secondary N) is 1. The molecule has 0 heterocycles. The van der Waals surface area contributed by atoms with E-state index < -0.39 is 0 Å². The number of amides is 1. The van der Waals surface area contributed by atoms with Gasteiger partial charge in [-0.05, 0) is 24.2 Å². The molecule has 78 valence electrons.